The largest absolute Gasteiger partial charge is 0.497 e. The summed E-state index contributed by atoms with van der Waals surface area (Å²) in [5, 5.41) is 2.94. The molecule has 0 atom stereocenters. The van der Waals surface area contributed by atoms with Crippen LogP contribution in [0.5, 0.6) is 11.5 Å². The van der Waals surface area contributed by atoms with Crippen LogP contribution in [-0.2, 0) is 6.54 Å². The van der Waals surface area contributed by atoms with Crippen molar-refractivity contribution in [2.24, 2.45) is 0 Å². The Morgan fingerprint density at radius 3 is 2.68 bits per heavy atom. The summed E-state index contributed by atoms with van der Waals surface area (Å²) in [7, 11) is 3.12. The molecule has 0 unspecified atom stereocenters. The fraction of sp³-hybridized carbons (Fsp3) is 0.368. The first-order chi connectivity index (χ1) is 12.2. The molecule has 6 nitrogen and oxygen atoms in total. The van der Waals surface area contributed by atoms with Crippen LogP contribution in [0, 0.1) is 0 Å². The highest BCUT2D eigenvalue weighted by atomic mass is 16.5. The maximum Gasteiger partial charge on any atom is 0.255 e. The summed E-state index contributed by atoms with van der Waals surface area (Å²) in [6.45, 7) is 2.54. The molecule has 25 heavy (non-hydrogen) atoms. The van der Waals surface area contributed by atoms with Gasteiger partial charge < -0.3 is 19.7 Å². The lowest BCUT2D eigenvalue weighted by atomic mass is 10.1. The van der Waals surface area contributed by atoms with Gasteiger partial charge in [0.1, 0.15) is 17.3 Å². The van der Waals surface area contributed by atoms with Gasteiger partial charge >= 0.3 is 0 Å². The molecule has 0 bridgehead atoms. The topological polar surface area (TPSA) is 63.7 Å². The van der Waals surface area contributed by atoms with E-state index in [2.05, 4.69) is 15.2 Å². The van der Waals surface area contributed by atoms with Crippen LogP contribution in [0.3, 0.4) is 0 Å². The highest BCUT2D eigenvalue weighted by Gasteiger charge is 2.15. The van der Waals surface area contributed by atoms with Crippen LogP contribution in [0.15, 0.2) is 36.5 Å². The van der Waals surface area contributed by atoms with Gasteiger partial charge in [-0.15, -0.1) is 0 Å². The lowest BCUT2D eigenvalue weighted by Gasteiger charge is -2.17. The molecule has 2 heterocycles. The minimum Gasteiger partial charge on any atom is -0.497 e. The van der Waals surface area contributed by atoms with E-state index < -0.39 is 0 Å². The number of ether oxygens (including phenoxy) is 2. The molecule has 1 aliphatic heterocycles. The molecule has 1 aliphatic rings. The normalized spacial score (nSPS) is 13.6. The molecule has 1 fully saturated rings. The summed E-state index contributed by atoms with van der Waals surface area (Å²) in [5.41, 5.74) is 1.51. The van der Waals surface area contributed by atoms with E-state index in [4.69, 9.17) is 9.47 Å². The third-order valence-electron chi connectivity index (χ3n) is 4.35. The Morgan fingerprint density at radius 1 is 1.16 bits per heavy atom. The molecule has 6 heteroatoms. The fourth-order valence-electron chi connectivity index (χ4n) is 2.95. The number of anilines is 1. The Labute approximate surface area is 147 Å². The van der Waals surface area contributed by atoms with E-state index in [0.717, 1.165) is 24.5 Å². The summed E-state index contributed by atoms with van der Waals surface area (Å²) >= 11 is 0. The van der Waals surface area contributed by atoms with Gasteiger partial charge in [0.05, 0.1) is 19.8 Å². The monoisotopic (exact) mass is 341 g/mol. The number of benzene rings is 1. The summed E-state index contributed by atoms with van der Waals surface area (Å²) in [6.07, 6.45) is 4.21. The van der Waals surface area contributed by atoms with Crippen molar-refractivity contribution in [3.8, 4) is 11.5 Å². The van der Waals surface area contributed by atoms with Crippen LogP contribution in [-0.4, -0.2) is 38.2 Å². The smallest absolute Gasteiger partial charge is 0.255 e. The lowest BCUT2D eigenvalue weighted by molar-refractivity contribution is 0.0948. The maximum absolute atomic E-state index is 12.5. The van der Waals surface area contributed by atoms with Gasteiger partial charge in [0.15, 0.2) is 0 Å². The lowest BCUT2D eigenvalue weighted by Crippen LogP contribution is -2.24. The molecular formula is C19H23N3O3. The molecule has 1 amide bonds. The summed E-state index contributed by atoms with van der Waals surface area (Å²) < 4.78 is 10.4. The minimum atomic E-state index is -0.181. The van der Waals surface area contributed by atoms with Crippen molar-refractivity contribution in [1.29, 1.82) is 0 Å². The quantitative estimate of drug-likeness (QED) is 0.875. The van der Waals surface area contributed by atoms with Gasteiger partial charge in [0.25, 0.3) is 5.91 Å². The molecular weight excluding hydrogens is 318 g/mol. The number of aromatic nitrogens is 1. The number of rotatable bonds is 6. The molecule has 1 saturated heterocycles. The molecule has 1 N–H and O–H groups in total. The fourth-order valence-corrected chi connectivity index (χ4v) is 2.95. The number of carbonyl (C=O) groups excluding carboxylic acids is 1. The molecule has 0 spiro atoms. The zero-order valence-electron chi connectivity index (χ0n) is 14.6. The van der Waals surface area contributed by atoms with E-state index >= 15 is 0 Å². The molecule has 2 aromatic rings. The molecule has 1 aromatic carbocycles. The number of nitrogens with zero attached hydrogens (tertiary/aromatic N) is 2. The van der Waals surface area contributed by atoms with Crippen molar-refractivity contribution in [1.82, 2.24) is 10.3 Å². The number of pyridine rings is 1. The SMILES string of the molecule is COc1ccc(C(=O)NCc2ccnc(N3CCCC3)c2)c(OC)c1. The first-order valence-corrected chi connectivity index (χ1v) is 8.41. The van der Waals surface area contributed by atoms with E-state index in [1.807, 2.05) is 12.1 Å². The van der Waals surface area contributed by atoms with Gasteiger partial charge in [-0.1, -0.05) is 0 Å². The number of methoxy groups -OCH3 is 2. The van der Waals surface area contributed by atoms with Crippen molar-refractivity contribution in [2.45, 2.75) is 19.4 Å². The highest BCUT2D eigenvalue weighted by Crippen LogP contribution is 2.24. The molecule has 0 aliphatic carbocycles. The van der Waals surface area contributed by atoms with Crippen LogP contribution in [0.4, 0.5) is 5.82 Å². The van der Waals surface area contributed by atoms with Crippen LogP contribution in [0.1, 0.15) is 28.8 Å². The molecule has 132 valence electrons. The Balaban J connectivity index is 1.67. The van der Waals surface area contributed by atoms with Crippen molar-refractivity contribution in [3.05, 3.63) is 47.7 Å². The van der Waals surface area contributed by atoms with E-state index in [0.29, 0.717) is 23.6 Å². The standard InChI is InChI=1S/C19H23N3O3/c1-24-15-5-6-16(17(12-15)25-2)19(23)21-13-14-7-8-20-18(11-14)22-9-3-4-10-22/h5-8,11-12H,3-4,9-10,13H2,1-2H3,(H,21,23). The summed E-state index contributed by atoms with van der Waals surface area (Å²) in [6, 6.07) is 9.11. The minimum absolute atomic E-state index is 0.181. The van der Waals surface area contributed by atoms with E-state index in [1.54, 1.807) is 31.5 Å². The predicted molar refractivity (Wildman–Crippen MR) is 96.4 cm³/mol. The summed E-state index contributed by atoms with van der Waals surface area (Å²) in [5.74, 6) is 1.94. The third-order valence-corrected chi connectivity index (χ3v) is 4.35. The van der Waals surface area contributed by atoms with E-state index in [-0.39, 0.29) is 5.91 Å². The molecule has 0 radical (unpaired) electrons. The highest BCUT2D eigenvalue weighted by molar-refractivity contribution is 5.97. The van der Waals surface area contributed by atoms with Crippen molar-refractivity contribution in [2.75, 3.05) is 32.2 Å². The van der Waals surface area contributed by atoms with Gasteiger partial charge in [0.2, 0.25) is 0 Å². The van der Waals surface area contributed by atoms with Crippen LogP contribution < -0.4 is 19.7 Å². The van der Waals surface area contributed by atoms with Gasteiger partial charge in [-0.05, 0) is 42.7 Å². The molecule has 0 saturated carbocycles. The van der Waals surface area contributed by atoms with Crippen LogP contribution >= 0.6 is 0 Å². The number of hydrogen-bond donors (Lipinski definition) is 1. The number of hydrogen-bond acceptors (Lipinski definition) is 5. The molecule has 1 aromatic heterocycles. The van der Waals surface area contributed by atoms with Gasteiger partial charge in [-0.3, -0.25) is 4.79 Å². The van der Waals surface area contributed by atoms with Crippen LogP contribution in [0.2, 0.25) is 0 Å². The Kier molecular flexibility index (Phi) is 5.38. The first kappa shape index (κ1) is 17.1. The van der Waals surface area contributed by atoms with E-state index in [1.165, 1.54) is 20.0 Å². The average molecular weight is 341 g/mol. The third kappa shape index (κ3) is 4.02. The Hall–Kier alpha value is -2.76. The summed E-state index contributed by atoms with van der Waals surface area (Å²) in [4.78, 5) is 19.2. The zero-order chi connectivity index (χ0) is 17.6. The van der Waals surface area contributed by atoms with Crippen LogP contribution in [0.25, 0.3) is 0 Å². The first-order valence-electron chi connectivity index (χ1n) is 8.41. The number of amides is 1. The van der Waals surface area contributed by atoms with Crippen molar-refractivity contribution < 1.29 is 14.3 Å². The average Bonchev–Trinajstić information content (AvgIpc) is 3.20. The van der Waals surface area contributed by atoms with Gasteiger partial charge in [-0.25, -0.2) is 4.98 Å². The second-order valence-corrected chi connectivity index (χ2v) is 5.97. The van der Waals surface area contributed by atoms with Crippen molar-refractivity contribution >= 4 is 11.7 Å². The van der Waals surface area contributed by atoms with Gasteiger partial charge in [-0.2, -0.15) is 0 Å². The Morgan fingerprint density at radius 2 is 1.96 bits per heavy atom. The predicted octanol–water partition coefficient (Wildman–Crippen LogP) is 2.63. The zero-order valence-corrected chi connectivity index (χ0v) is 14.6. The Bertz CT molecular complexity index is 742. The van der Waals surface area contributed by atoms with E-state index in [9.17, 15) is 4.79 Å². The maximum atomic E-state index is 12.5. The molecule has 3 rings (SSSR count). The number of nitrogens with one attached hydrogen (secondary N) is 1. The van der Waals surface area contributed by atoms with Gasteiger partial charge in [0, 0.05) is 31.9 Å². The second kappa shape index (κ2) is 7.88. The second-order valence-electron chi connectivity index (χ2n) is 5.97. The van der Waals surface area contributed by atoms with Crippen molar-refractivity contribution in [3.63, 3.8) is 0 Å². The number of carbonyl (C=O) groups is 1.